The third-order valence-corrected chi connectivity index (χ3v) is 3.51. The molecule has 0 aromatic carbocycles. The predicted molar refractivity (Wildman–Crippen MR) is 64.9 cm³/mol. The molecular weight excluding hydrogens is 198 g/mol. The Morgan fingerprint density at radius 3 is 2.81 bits per heavy atom. The molecule has 1 saturated heterocycles. The molecule has 88 valence electrons. The average molecular weight is 219 g/mol. The van der Waals surface area contributed by atoms with Crippen LogP contribution in [0.15, 0.2) is 18.7 Å². The van der Waals surface area contributed by atoms with Crippen molar-refractivity contribution in [2.24, 2.45) is 11.8 Å². The van der Waals surface area contributed by atoms with Crippen LogP contribution < -0.4 is 0 Å². The first-order chi connectivity index (χ1) is 7.75. The Bertz CT molecular complexity index is 310. The smallest absolute Gasteiger partial charge is 0.115 e. The summed E-state index contributed by atoms with van der Waals surface area (Å²) >= 11 is 0. The van der Waals surface area contributed by atoms with E-state index in [9.17, 15) is 0 Å². The zero-order valence-electron chi connectivity index (χ0n) is 10.3. The van der Waals surface area contributed by atoms with E-state index in [0.717, 1.165) is 18.4 Å². The third kappa shape index (κ3) is 3.01. The average Bonchev–Trinajstić information content (AvgIpc) is 2.30. The molecule has 1 aromatic rings. The summed E-state index contributed by atoms with van der Waals surface area (Å²) in [6, 6.07) is 0. The summed E-state index contributed by atoms with van der Waals surface area (Å²) in [6.07, 6.45) is 8.16. The van der Waals surface area contributed by atoms with Gasteiger partial charge in [-0.25, -0.2) is 9.97 Å². The van der Waals surface area contributed by atoms with Crippen molar-refractivity contribution in [3.63, 3.8) is 0 Å². The normalized spacial score (nSPS) is 22.6. The molecule has 0 saturated carbocycles. The quantitative estimate of drug-likeness (QED) is 0.781. The second-order valence-corrected chi connectivity index (χ2v) is 5.13. The molecule has 2 rings (SSSR count). The molecule has 0 amide bonds. The zero-order chi connectivity index (χ0) is 11.4. The van der Waals surface area contributed by atoms with Crippen molar-refractivity contribution in [2.45, 2.75) is 33.2 Å². The molecule has 0 bridgehead atoms. The standard InChI is InChI=1S/C13H21N3/c1-11(2)13-4-3-5-16(9-13)8-12-6-14-10-15-7-12/h6-7,10-11,13H,3-5,8-9H2,1-2H3. The maximum Gasteiger partial charge on any atom is 0.115 e. The molecule has 16 heavy (non-hydrogen) atoms. The lowest BCUT2D eigenvalue weighted by Crippen LogP contribution is -2.36. The van der Waals surface area contributed by atoms with E-state index in [0.29, 0.717) is 0 Å². The number of nitrogens with zero attached hydrogens (tertiary/aromatic N) is 3. The Labute approximate surface area is 97.9 Å². The minimum Gasteiger partial charge on any atom is -0.299 e. The summed E-state index contributed by atoms with van der Waals surface area (Å²) in [5, 5.41) is 0. The van der Waals surface area contributed by atoms with Gasteiger partial charge in [-0.3, -0.25) is 4.90 Å². The lowest BCUT2D eigenvalue weighted by Gasteiger charge is -2.34. The largest absolute Gasteiger partial charge is 0.299 e. The molecule has 0 spiro atoms. The van der Waals surface area contributed by atoms with E-state index in [1.54, 1.807) is 6.33 Å². The van der Waals surface area contributed by atoms with Crippen molar-refractivity contribution in [3.8, 4) is 0 Å². The van der Waals surface area contributed by atoms with Gasteiger partial charge in [0.25, 0.3) is 0 Å². The zero-order valence-corrected chi connectivity index (χ0v) is 10.3. The Kier molecular flexibility index (Phi) is 3.88. The highest BCUT2D eigenvalue weighted by atomic mass is 15.1. The SMILES string of the molecule is CC(C)C1CCCN(Cc2cncnc2)C1. The maximum atomic E-state index is 4.07. The van der Waals surface area contributed by atoms with E-state index in [1.165, 1.54) is 31.5 Å². The highest BCUT2D eigenvalue weighted by molar-refractivity contribution is 5.02. The van der Waals surface area contributed by atoms with Gasteiger partial charge in [0.15, 0.2) is 0 Å². The van der Waals surface area contributed by atoms with E-state index in [1.807, 2.05) is 12.4 Å². The number of hydrogen-bond acceptors (Lipinski definition) is 3. The van der Waals surface area contributed by atoms with Crippen LogP contribution in [-0.4, -0.2) is 28.0 Å². The van der Waals surface area contributed by atoms with Crippen molar-refractivity contribution < 1.29 is 0 Å². The minimum atomic E-state index is 0.801. The molecule has 1 fully saturated rings. The summed E-state index contributed by atoms with van der Waals surface area (Å²) in [6.45, 7) is 8.12. The first-order valence-corrected chi connectivity index (χ1v) is 6.22. The molecule has 1 atom stereocenters. The van der Waals surface area contributed by atoms with Crippen LogP contribution in [0, 0.1) is 11.8 Å². The third-order valence-electron chi connectivity index (χ3n) is 3.51. The van der Waals surface area contributed by atoms with Gasteiger partial charge in [-0.1, -0.05) is 13.8 Å². The van der Waals surface area contributed by atoms with Gasteiger partial charge in [-0.2, -0.15) is 0 Å². The first-order valence-electron chi connectivity index (χ1n) is 6.22. The van der Waals surface area contributed by atoms with Crippen LogP contribution >= 0.6 is 0 Å². The van der Waals surface area contributed by atoms with Crippen LogP contribution in [0.4, 0.5) is 0 Å². The number of aromatic nitrogens is 2. The van der Waals surface area contributed by atoms with E-state index in [4.69, 9.17) is 0 Å². The fourth-order valence-corrected chi connectivity index (χ4v) is 2.45. The molecule has 3 nitrogen and oxygen atoms in total. The Morgan fingerprint density at radius 2 is 2.12 bits per heavy atom. The fourth-order valence-electron chi connectivity index (χ4n) is 2.45. The minimum absolute atomic E-state index is 0.801. The van der Waals surface area contributed by atoms with E-state index in [2.05, 4.69) is 28.7 Å². The monoisotopic (exact) mass is 219 g/mol. The lowest BCUT2D eigenvalue weighted by molar-refractivity contribution is 0.139. The van der Waals surface area contributed by atoms with E-state index < -0.39 is 0 Å². The molecule has 0 N–H and O–H groups in total. The summed E-state index contributed by atoms with van der Waals surface area (Å²) in [4.78, 5) is 10.7. The molecule has 0 aliphatic carbocycles. The van der Waals surface area contributed by atoms with Gasteiger partial charge in [0.1, 0.15) is 6.33 Å². The van der Waals surface area contributed by atoms with Crippen LogP contribution in [0.5, 0.6) is 0 Å². The van der Waals surface area contributed by atoms with Crippen LogP contribution in [0.2, 0.25) is 0 Å². The van der Waals surface area contributed by atoms with Gasteiger partial charge >= 0.3 is 0 Å². The molecule has 1 unspecified atom stereocenters. The molecule has 1 aliphatic heterocycles. The fraction of sp³-hybridized carbons (Fsp3) is 0.692. The van der Waals surface area contributed by atoms with Gasteiger partial charge in [-0.15, -0.1) is 0 Å². The molecule has 1 aliphatic rings. The Morgan fingerprint density at radius 1 is 1.38 bits per heavy atom. The second kappa shape index (κ2) is 5.39. The number of likely N-dealkylation sites (tertiary alicyclic amines) is 1. The van der Waals surface area contributed by atoms with Crippen molar-refractivity contribution in [1.29, 1.82) is 0 Å². The molecule has 2 heterocycles. The lowest BCUT2D eigenvalue weighted by atomic mass is 9.88. The van der Waals surface area contributed by atoms with Crippen LogP contribution in [-0.2, 0) is 6.54 Å². The number of piperidine rings is 1. The molecule has 1 aromatic heterocycles. The van der Waals surface area contributed by atoms with Crippen molar-refractivity contribution in [2.75, 3.05) is 13.1 Å². The topological polar surface area (TPSA) is 29.0 Å². The molecule has 3 heteroatoms. The summed E-state index contributed by atoms with van der Waals surface area (Å²) < 4.78 is 0. The first kappa shape index (κ1) is 11.5. The molecular formula is C13H21N3. The number of hydrogen-bond donors (Lipinski definition) is 0. The van der Waals surface area contributed by atoms with Gasteiger partial charge in [0.05, 0.1) is 0 Å². The predicted octanol–water partition coefficient (Wildman–Crippen LogP) is 2.34. The highest BCUT2D eigenvalue weighted by Crippen LogP contribution is 2.24. The Hall–Kier alpha value is -0.960. The maximum absolute atomic E-state index is 4.07. The summed E-state index contributed by atoms with van der Waals surface area (Å²) in [7, 11) is 0. The highest BCUT2D eigenvalue weighted by Gasteiger charge is 2.22. The van der Waals surface area contributed by atoms with E-state index in [-0.39, 0.29) is 0 Å². The number of rotatable bonds is 3. The van der Waals surface area contributed by atoms with Crippen LogP contribution in [0.1, 0.15) is 32.3 Å². The molecule has 0 radical (unpaired) electrons. The van der Waals surface area contributed by atoms with Crippen molar-refractivity contribution >= 4 is 0 Å². The van der Waals surface area contributed by atoms with Crippen LogP contribution in [0.25, 0.3) is 0 Å². The van der Waals surface area contributed by atoms with Crippen LogP contribution in [0.3, 0.4) is 0 Å². The van der Waals surface area contributed by atoms with Gasteiger partial charge in [0, 0.05) is 31.0 Å². The van der Waals surface area contributed by atoms with Crippen molar-refractivity contribution in [1.82, 2.24) is 14.9 Å². The van der Waals surface area contributed by atoms with Gasteiger partial charge in [0.2, 0.25) is 0 Å². The summed E-state index contributed by atoms with van der Waals surface area (Å²) in [5.41, 5.74) is 1.23. The Balaban J connectivity index is 1.90. The van der Waals surface area contributed by atoms with Gasteiger partial charge < -0.3 is 0 Å². The summed E-state index contributed by atoms with van der Waals surface area (Å²) in [5.74, 6) is 1.66. The van der Waals surface area contributed by atoms with Gasteiger partial charge in [-0.05, 0) is 31.2 Å². The second-order valence-electron chi connectivity index (χ2n) is 5.13. The van der Waals surface area contributed by atoms with E-state index >= 15 is 0 Å². The van der Waals surface area contributed by atoms with Crippen molar-refractivity contribution in [3.05, 3.63) is 24.3 Å².